The van der Waals surface area contributed by atoms with Crippen LogP contribution in [-0.2, 0) is 0 Å². The summed E-state index contributed by atoms with van der Waals surface area (Å²) in [5.41, 5.74) is 1.88. The number of nitrogens with one attached hydrogen (secondary N) is 1. The molecule has 1 aliphatic rings. The molecular formula is C14H21FN2. The number of hydrogen-bond donors (Lipinski definition) is 1. The number of anilines is 1. The number of halogens is 1. The molecule has 0 spiro atoms. The molecule has 1 fully saturated rings. The Morgan fingerprint density at radius 1 is 1.35 bits per heavy atom. The molecule has 2 rings (SSSR count). The van der Waals surface area contributed by atoms with E-state index in [1.165, 1.54) is 12.8 Å². The van der Waals surface area contributed by atoms with Gasteiger partial charge in [0.1, 0.15) is 5.82 Å². The van der Waals surface area contributed by atoms with Crippen molar-refractivity contribution in [3.05, 3.63) is 29.6 Å². The molecule has 17 heavy (non-hydrogen) atoms. The fraction of sp³-hybridized carbons (Fsp3) is 0.571. The maximum atomic E-state index is 14.0. The summed E-state index contributed by atoms with van der Waals surface area (Å²) in [6.07, 6.45) is 2.43. The van der Waals surface area contributed by atoms with E-state index in [1.54, 1.807) is 6.07 Å². The Balaban J connectivity index is 2.33. The summed E-state index contributed by atoms with van der Waals surface area (Å²) >= 11 is 0. The summed E-state index contributed by atoms with van der Waals surface area (Å²) < 4.78 is 14.0. The van der Waals surface area contributed by atoms with Crippen molar-refractivity contribution < 1.29 is 4.39 Å². The zero-order valence-corrected chi connectivity index (χ0v) is 10.7. The minimum atomic E-state index is -0.0946. The highest BCUT2D eigenvalue weighted by Crippen LogP contribution is 2.31. The van der Waals surface area contributed by atoms with E-state index < -0.39 is 0 Å². The lowest BCUT2D eigenvalue weighted by atomic mass is 10.0. The number of benzene rings is 1. The lowest BCUT2D eigenvalue weighted by molar-refractivity contribution is 0.540. The van der Waals surface area contributed by atoms with Crippen LogP contribution in [-0.4, -0.2) is 19.6 Å². The van der Waals surface area contributed by atoms with Crippen molar-refractivity contribution in [3.63, 3.8) is 0 Å². The summed E-state index contributed by atoms with van der Waals surface area (Å²) in [4.78, 5) is 2.30. The molecule has 0 bridgehead atoms. The lowest BCUT2D eigenvalue weighted by Crippen LogP contribution is -2.25. The third-order valence-electron chi connectivity index (χ3n) is 3.42. The van der Waals surface area contributed by atoms with Gasteiger partial charge >= 0.3 is 0 Å². The average Bonchev–Trinajstić information content (AvgIpc) is 2.82. The second kappa shape index (κ2) is 5.50. The molecule has 2 nitrogen and oxygen atoms in total. The third kappa shape index (κ3) is 2.60. The Kier molecular flexibility index (Phi) is 4.00. The monoisotopic (exact) mass is 236 g/mol. The quantitative estimate of drug-likeness (QED) is 0.864. The largest absolute Gasteiger partial charge is 0.371 e. The van der Waals surface area contributed by atoms with Crippen LogP contribution in [0.5, 0.6) is 0 Å². The molecule has 0 aromatic heterocycles. The fourth-order valence-corrected chi connectivity index (χ4v) is 2.60. The molecule has 1 aliphatic heterocycles. The SMILES string of the molecule is CCNC(C)c1c(F)cccc1N1CCCC1. The van der Waals surface area contributed by atoms with Gasteiger partial charge in [-0.05, 0) is 38.4 Å². The van der Waals surface area contributed by atoms with Crippen molar-refractivity contribution in [3.8, 4) is 0 Å². The van der Waals surface area contributed by atoms with Crippen molar-refractivity contribution in [1.82, 2.24) is 5.32 Å². The van der Waals surface area contributed by atoms with E-state index in [0.717, 1.165) is 30.9 Å². The van der Waals surface area contributed by atoms with E-state index >= 15 is 0 Å². The van der Waals surface area contributed by atoms with Crippen LogP contribution in [0.25, 0.3) is 0 Å². The molecule has 1 aromatic carbocycles. The highest BCUT2D eigenvalue weighted by atomic mass is 19.1. The predicted octanol–water partition coefficient (Wildman–Crippen LogP) is 3.10. The van der Waals surface area contributed by atoms with Gasteiger partial charge in [-0.1, -0.05) is 13.0 Å². The van der Waals surface area contributed by atoms with E-state index in [4.69, 9.17) is 0 Å². The summed E-state index contributed by atoms with van der Waals surface area (Å²) in [6, 6.07) is 5.47. The summed E-state index contributed by atoms with van der Waals surface area (Å²) in [7, 11) is 0. The molecule has 0 saturated carbocycles. The van der Waals surface area contributed by atoms with Gasteiger partial charge < -0.3 is 10.2 Å². The first kappa shape index (κ1) is 12.4. The van der Waals surface area contributed by atoms with Gasteiger partial charge in [0.05, 0.1) is 0 Å². The Labute approximate surface area is 103 Å². The summed E-state index contributed by atoms with van der Waals surface area (Å²) in [5.74, 6) is -0.0946. The minimum absolute atomic E-state index is 0.0665. The Hall–Kier alpha value is -1.09. The molecular weight excluding hydrogens is 215 g/mol. The number of rotatable bonds is 4. The van der Waals surface area contributed by atoms with Crippen LogP contribution in [0.15, 0.2) is 18.2 Å². The number of hydrogen-bond acceptors (Lipinski definition) is 2. The number of nitrogens with zero attached hydrogens (tertiary/aromatic N) is 1. The van der Waals surface area contributed by atoms with E-state index in [1.807, 2.05) is 26.0 Å². The Bertz CT molecular complexity index is 372. The van der Waals surface area contributed by atoms with Crippen LogP contribution in [0, 0.1) is 5.82 Å². The van der Waals surface area contributed by atoms with Crippen molar-refractivity contribution in [2.24, 2.45) is 0 Å². The minimum Gasteiger partial charge on any atom is -0.371 e. The smallest absolute Gasteiger partial charge is 0.130 e. The fourth-order valence-electron chi connectivity index (χ4n) is 2.60. The Morgan fingerprint density at radius 2 is 2.06 bits per heavy atom. The average molecular weight is 236 g/mol. The molecule has 1 aromatic rings. The molecule has 3 heteroatoms. The van der Waals surface area contributed by atoms with Crippen LogP contribution in [0.2, 0.25) is 0 Å². The van der Waals surface area contributed by atoms with Crippen LogP contribution in [0.3, 0.4) is 0 Å². The van der Waals surface area contributed by atoms with Crippen molar-refractivity contribution >= 4 is 5.69 Å². The van der Waals surface area contributed by atoms with Crippen LogP contribution in [0.1, 0.15) is 38.3 Å². The maximum Gasteiger partial charge on any atom is 0.130 e. The van der Waals surface area contributed by atoms with Crippen molar-refractivity contribution in [2.75, 3.05) is 24.5 Å². The van der Waals surface area contributed by atoms with E-state index in [2.05, 4.69) is 10.2 Å². The normalized spacial score (nSPS) is 17.5. The van der Waals surface area contributed by atoms with E-state index in [0.29, 0.717) is 0 Å². The predicted molar refractivity (Wildman–Crippen MR) is 69.9 cm³/mol. The summed E-state index contributed by atoms with van der Waals surface area (Å²) in [6.45, 7) is 7.04. The van der Waals surface area contributed by atoms with Crippen molar-refractivity contribution in [1.29, 1.82) is 0 Å². The van der Waals surface area contributed by atoms with Gasteiger partial charge in [0.25, 0.3) is 0 Å². The first-order valence-corrected chi connectivity index (χ1v) is 6.50. The van der Waals surface area contributed by atoms with Gasteiger partial charge in [-0.2, -0.15) is 0 Å². The molecule has 1 atom stereocenters. The van der Waals surface area contributed by atoms with Gasteiger partial charge in [0.2, 0.25) is 0 Å². The van der Waals surface area contributed by atoms with Gasteiger partial charge in [0, 0.05) is 30.4 Å². The first-order valence-electron chi connectivity index (χ1n) is 6.50. The van der Waals surface area contributed by atoms with Crippen LogP contribution in [0.4, 0.5) is 10.1 Å². The van der Waals surface area contributed by atoms with Gasteiger partial charge in [-0.25, -0.2) is 4.39 Å². The molecule has 0 radical (unpaired) electrons. The lowest BCUT2D eigenvalue weighted by Gasteiger charge is -2.25. The van der Waals surface area contributed by atoms with Gasteiger partial charge in [-0.15, -0.1) is 0 Å². The zero-order chi connectivity index (χ0) is 12.3. The second-order valence-electron chi connectivity index (χ2n) is 4.65. The molecule has 1 saturated heterocycles. The molecule has 0 amide bonds. The summed E-state index contributed by atoms with van der Waals surface area (Å²) in [5, 5.41) is 3.30. The first-order chi connectivity index (χ1) is 8.24. The van der Waals surface area contributed by atoms with Crippen LogP contribution >= 0.6 is 0 Å². The topological polar surface area (TPSA) is 15.3 Å². The standard InChI is InChI=1S/C14H21FN2/c1-3-16-11(2)14-12(15)7-6-8-13(14)17-9-4-5-10-17/h6-8,11,16H,3-5,9-10H2,1-2H3. The molecule has 1 unspecified atom stereocenters. The van der Waals surface area contributed by atoms with Gasteiger partial charge in [-0.3, -0.25) is 0 Å². The van der Waals surface area contributed by atoms with Crippen LogP contribution < -0.4 is 10.2 Å². The molecule has 94 valence electrons. The molecule has 1 heterocycles. The third-order valence-corrected chi connectivity index (χ3v) is 3.42. The van der Waals surface area contributed by atoms with E-state index in [9.17, 15) is 4.39 Å². The van der Waals surface area contributed by atoms with Crippen molar-refractivity contribution in [2.45, 2.75) is 32.7 Å². The highest BCUT2D eigenvalue weighted by molar-refractivity contribution is 5.56. The van der Waals surface area contributed by atoms with Gasteiger partial charge in [0.15, 0.2) is 0 Å². The second-order valence-corrected chi connectivity index (χ2v) is 4.65. The Morgan fingerprint density at radius 3 is 2.71 bits per heavy atom. The maximum absolute atomic E-state index is 14.0. The zero-order valence-electron chi connectivity index (χ0n) is 10.7. The molecule has 0 aliphatic carbocycles. The van der Waals surface area contributed by atoms with E-state index in [-0.39, 0.29) is 11.9 Å². The highest BCUT2D eigenvalue weighted by Gasteiger charge is 2.21. The molecule has 1 N–H and O–H groups in total.